The third-order valence-electron chi connectivity index (χ3n) is 2.16. The van der Waals surface area contributed by atoms with Crippen molar-refractivity contribution in [3.63, 3.8) is 0 Å². The van der Waals surface area contributed by atoms with Crippen LogP contribution in [0.15, 0.2) is 6.07 Å². The first-order chi connectivity index (χ1) is 5.86. The van der Waals surface area contributed by atoms with Crippen LogP contribution in [0.5, 0.6) is 0 Å². The molecule has 2 heterocycles. The molecular weight excluding hydrogens is 189 g/mol. The molecule has 0 unspecified atom stereocenters. The standard InChI is InChI=1S/C9H12N3.K/c1-8-6-9(11-7-10-8)12-4-2-3-5-12;/h6H,2-5H2,1H3;/q-1;+1. The van der Waals surface area contributed by atoms with Crippen LogP contribution >= 0.6 is 0 Å². The Hall–Kier alpha value is 0.516. The van der Waals surface area contributed by atoms with Gasteiger partial charge in [0.2, 0.25) is 0 Å². The van der Waals surface area contributed by atoms with Gasteiger partial charge in [-0.2, -0.15) is 0 Å². The van der Waals surface area contributed by atoms with Crippen molar-refractivity contribution >= 4 is 5.82 Å². The van der Waals surface area contributed by atoms with E-state index < -0.39 is 0 Å². The molecule has 13 heavy (non-hydrogen) atoms. The number of anilines is 1. The first-order valence-corrected chi connectivity index (χ1v) is 4.33. The average Bonchev–Trinajstić information content (AvgIpc) is 2.56. The van der Waals surface area contributed by atoms with Crippen LogP contribution in [-0.2, 0) is 0 Å². The summed E-state index contributed by atoms with van der Waals surface area (Å²) in [4.78, 5) is 10.3. The molecule has 0 atom stereocenters. The molecule has 1 aromatic heterocycles. The molecule has 0 aliphatic carbocycles. The molecule has 4 heteroatoms. The fraction of sp³-hybridized carbons (Fsp3) is 0.556. The third-order valence-corrected chi connectivity index (χ3v) is 2.16. The van der Waals surface area contributed by atoms with Crippen molar-refractivity contribution in [3.8, 4) is 0 Å². The summed E-state index contributed by atoms with van der Waals surface area (Å²) in [5, 5.41) is 0. The van der Waals surface area contributed by atoms with E-state index >= 15 is 0 Å². The SMILES string of the molecule is Cc1cc(N2CCCC2)n[c-]n1.[K+]. The first-order valence-electron chi connectivity index (χ1n) is 4.33. The Morgan fingerprint density at radius 3 is 2.62 bits per heavy atom. The zero-order chi connectivity index (χ0) is 8.39. The number of nitrogens with zero attached hydrogens (tertiary/aromatic N) is 3. The van der Waals surface area contributed by atoms with Crippen LogP contribution in [0.25, 0.3) is 0 Å². The molecule has 1 fully saturated rings. The Bertz CT molecular complexity index is 271. The number of hydrogen-bond acceptors (Lipinski definition) is 3. The normalized spacial score (nSPS) is 15.6. The van der Waals surface area contributed by atoms with Crippen molar-refractivity contribution in [3.05, 3.63) is 18.1 Å². The molecule has 2 rings (SSSR count). The summed E-state index contributed by atoms with van der Waals surface area (Å²) in [6.45, 7) is 4.23. The molecule has 0 aromatic carbocycles. The van der Waals surface area contributed by atoms with Gasteiger partial charge in [0.25, 0.3) is 0 Å². The Morgan fingerprint density at radius 1 is 1.31 bits per heavy atom. The van der Waals surface area contributed by atoms with Gasteiger partial charge in [0.15, 0.2) is 0 Å². The van der Waals surface area contributed by atoms with Gasteiger partial charge in [0, 0.05) is 25.2 Å². The monoisotopic (exact) mass is 201 g/mol. The Labute approximate surface area is 121 Å². The topological polar surface area (TPSA) is 29.0 Å². The van der Waals surface area contributed by atoms with Crippen molar-refractivity contribution in [2.75, 3.05) is 18.0 Å². The molecule has 0 amide bonds. The number of aryl methyl sites for hydroxylation is 1. The van der Waals surface area contributed by atoms with Crippen LogP contribution in [0.2, 0.25) is 0 Å². The van der Waals surface area contributed by atoms with Gasteiger partial charge in [0.05, 0.1) is 0 Å². The van der Waals surface area contributed by atoms with Crippen molar-refractivity contribution in [2.45, 2.75) is 19.8 Å². The van der Waals surface area contributed by atoms with Crippen molar-refractivity contribution in [2.24, 2.45) is 0 Å². The fourth-order valence-corrected chi connectivity index (χ4v) is 1.51. The quantitative estimate of drug-likeness (QED) is 0.396. The second kappa shape index (κ2) is 5.41. The van der Waals surface area contributed by atoms with Gasteiger partial charge in [-0.1, -0.05) is 12.6 Å². The molecule has 0 saturated carbocycles. The Balaban J connectivity index is 0.000000845. The van der Waals surface area contributed by atoms with Crippen LogP contribution in [0.1, 0.15) is 18.5 Å². The first kappa shape index (κ1) is 11.6. The summed E-state index contributed by atoms with van der Waals surface area (Å²) in [6.07, 6.45) is 5.23. The predicted molar refractivity (Wildman–Crippen MR) is 47.1 cm³/mol. The molecule has 0 radical (unpaired) electrons. The summed E-state index contributed by atoms with van der Waals surface area (Å²) in [5.74, 6) is 1.03. The summed E-state index contributed by atoms with van der Waals surface area (Å²) in [7, 11) is 0. The largest absolute Gasteiger partial charge is 1.00 e. The smallest absolute Gasteiger partial charge is 0.409 e. The van der Waals surface area contributed by atoms with Gasteiger partial charge in [-0.3, -0.25) is 0 Å². The molecular formula is C9H12KN3. The number of rotatable bonds is 1. The molecule has 0 N–H and O–H groups in total. The van der Waals surface area contributed by atoms with E-state index in [0.29, 0.717) is 0 Å². The van der Waals surface area contributed by atoms with Gasteiger partial charge in [-0.25, -0.2) is 0 Å². The number of aromatic nitrogens is 2. The van der Waals surface area contributed by atoms with Gasteiger partial charge < -0.3 is 14.9 Å². The Morgan fingerprint density at radius 2 is 2.00 bits per heavy atom. The molecule has 64 valence electrons. The average molecular weight is 201 g/mol. The summed E-state index contributed by atoms with van der Waals surface area (Å²) >= 11 is 0. The molecule has 1 aliphatic rings. The minimum atomic E-state index is 0. The second-order valence-electron chi connectivity index (χ2n) is 3.16. The molecule has 0 spiro atoms. The van der Waals surface area contributed by atoms with Crippen LogP contribution in [0.4, 0.5) is 5.82 Å². The van der Waals surface area contributed by atoms with Gasteiger partial charge >= 0.3 is 51.4 Å². The predicted octanol–water partition coefficient (Wildman–Crippen LogP) is -1.81. The van der Waals surface area contributed by atoms with Crippen LogP contribution in [-0.4, -0.2) is 23.1 Å². The maximum Gasteiger partial charge on any atom is 1.00 e. The fourth-order valence-electron chi connectivity index (χ4n) is 1.51. The molecule has 1 saturated heterocycles. The van der Waals surface area contributed by atoms with Gasteiger partial charge in [-0.05, 0) is 12.8 Å². The summed E-state index contributed by atoms with van der Waals surface area (Å²) in [6, 6.07) is 2.02. The zero-order valence-electron chi connectivity index (χ0n) is 8.25. The minimum Gasteiger partial charge on any atom is -0.409 e. The molecule has 1 aliphatic heterocycles. The molecule has 3 nitrogen and oxygen atoms in total. The third kappa shape index (κ3) is 2.99. The van der Waals surface area contributed by atoms with Crippen molar-refractivity contribution in [1.29, 1.82) is 0 Å². The van der Waals surface area contributed by atoms with E-state index in [4.69, 9.17) is 0 Å². The zero-order valence-corrected chi connectivity index (χ0v) is 11.4. The molecule has 0 bridgehead atoms. The van der Waals surface area contributed by atoms with E-state index in [9.17, 15) is 0 Å². The maximum atomic E-state index is 4.11. The second-order valence-corrected chi connectivity index (χ2v) is 3.16. The van der Waals surface area contributed by atoms with Gasteiger partial charge in [0.1, 0.15) is 0 Å². The number of hydrogen-bond donors (Lipinski definition) is 0. The summed E-state index contributed by atoms with van der Waals surface area (Å²) < 4.78 is 0. The van der Waals surface area contributed by atoms with Crippen LogP contribution in [0, 0.1) is 13.3 Å². The van der Waals surface area contributed by atoms with E-state index in [2.05, 4.69) is 21.2 Å². The van der Waals surface area contributed by atoms with E-state index in [1.165, 1.54) is 12.8 Å². The molecule has 1 aromatic rings. The van der Waals surface area contributed by atoms with Crippen molar-refractivity contribution in [1.82, 2.24) is 9.97 Å². The maximum absolute atomic E-state index is 4.11. The van der Waals surface area contributed by atoms with E-state index in [1.54, 1.807) is 0 Å². The van der Waals surface area contributed by atoms with Crippen molar-refractivity contribution < 1.29 is 51.4 Å². The van der Waals surface area contributed by atoms with E-state index in [0.717, 1.165) is 24.6 Å². The minimum absolute atomic E-state index is 0. The van der Waals surface area contributed by atoms with Crippen LogP contribution < -0.4 is 56.3 Å². The summed E-state index contributed by atoms with van der Waals surface area (Å²) in [5.41, 5.74) is 0.993. The van der Waals surface area contributed by atoms with E-state index in [1.807, 2.05) is 13.0 Å². The Kier molecular flexibility index (Phi) is 4.82. The van der Waals surface area contributed by atoms with Gasteiger partial charge in [-0.15, -0.1) is 6.07 Å². The van der Waals surface area contributed by atoms with E-state index in [-0.39, 0.29) is 51.4 Å². The van der Waals surface area contributed by atoms with Crippen LogP contribution in [0.3, 0.4) is 0 Å².